The molecule has 23 heavy (non-hydrogen) atoms. The first-order valence-corrected chi connectivity index (χ1v) is 6.79. The van der Waals surface area contributed by atoms with E-state index in [1.54, 1.807) is 13.8 Å². The highest BCUT2D eigenvalue weighted by atomic mass is 19.1. The van der Waals surface area contributed by atoms with Gasteiger partial charge in [0, 0.05) is 6.07 Å². The first kappa shape index (κ1) is 16.6. The quantitative estimate of drug-likeness (QED) is 0.855. The van der Waals surface area contributed by atoms with E-state index in [9.17, 15) is 18.4 Å². The van der Waals surface area contributed by atoms with Crippen LogP contribution < -0.4 is 5.32 Å². The monoisotopic (exact) mass is 324 g/mol. The molecule has 0 aliphatic heterocycles. The van der Waals surface area contributed by atoms with Crippen LogP contribution in [0.1, 0.15) is 28.7 Å². The van der Waals surface area contributed by atoms with E-state index in [1.165, 1.54) is 0 Å². The fourth-order valence-corrected chi connectivity index (χ4v) is 1.90. The standard InChI is InChI=1S/C15H14F2N2O4/c1-3-11-14(8(2)23-19-11)15(21)22-7-13(20)18-12-6-9(16)4-5-10(12)17/h4-6H,3,7H2,1-2H3,(H,18,20). The van der Waals surface area contributed by atoms with Crippen molar-refractivity contribution >= 4 is 17.6 Å². The maximum Gasteiger partial charge on any atom is 0.344 e. The molecule has 1 aromatic heterocycles. The zero-order chi connectivity index (χ0) is 17.0. The fraction of sp³-hybridized carbons (Fsp3) is 0.267. The lowest BCUT2D eigenvalue weighted by Gasteiger charge is -2.07. The number of carbonyl (C=O) groups is 2. The Labute approximate surface area is 130 Å². The predicted octanol–water partition coefficient (Wildman–Crippen LogP) is 2.62. The Morgan fingerprint density at radius 1 is 1.35 bits per heavy atom. The summed E-state index contributed by atoms with van der Waals surface area (Å²) in [5.74, 6) is -2.78. The van der Waals surface area contributed by atoms with Crippen molar-refractivity contribution in [1.29, 1.82) is 0 Å². The summed E-state index contributed by atoms with van der Waals surface area (Å²) in [6.07, 6.45) is 0.461. The van der Waals surface area contributed by atoms with Gasteiger partial charge in [-0.3, -0.25) is 4.79 Å². The van der Waals surface area contributed by atoms with Crippen LogP contribution in [-0.4, -0.2) is 23.6 Å². The maximum absolute atomic E-state index is 13.4. The molecule has 1 heterocycles. The number of amides is 1. The number of nitrogens with one attached hydrogen (secondary N) is 1. The van der Waals surface area contributed by atoms with E-state index in [1.807, 2.05) is 0 Å². The zero-order valence-corrected chi connectivity index (χ0v) is 12.5. The van der Waals surface area contributed by atoms with Crippen LogP contribution in [0.2, 0.25) is 0 Å². The van der Waals surface area contributed by atoms with Gasteiger partial charge in [-0.25, -0.2) is 13.6 Å². The number of aromatic nitrogens is 1. The highest BCUT2D eigenvalue weighted by Gasteiger charge is 2.21. The number of ether oxygens (including phenoxy) is 1. The van der Waals surface area contributed by atoms with Crippen LogP contribution in [0.25, 0.3) is 0 Å². The molecule has 122 valence electrons. The van der Waals surface area contributed by atoms with Crippen molar-refractivity contribution < 1.29 is 27.6 Å². The van der Waals surface area contributed by atoms with E-state index in [4.69, 9.17) is 9.26 Å². The minimum Gasteiger partial charge on any atom is -0.452 e. The second-order valence-electron chi connectivity index (χ2n) is 4.66. The van der Waals surface area contributed by atoms with Crippen molar-refractivity contribution in [3.05, 3.63) is 46.9 Å². The highest BCUT2D eigenvalue weighted by molar-refractivity contribution is 5.96. The van der Waals surface area contributed by atoms with E-state index in [0.29, 0.717) is 12.1 Å². The molecule has 0 radical (unpaired) electrons. The molecular weight excluding hydrogens is 310 g/mol. The van der Waals surface area contributed by atoms with Crippen LogP contribution in [0.4, 0.5) is 14.5 Å². The van der Waals surface area contributed by atoms with Crippen molar-refractivity contribution in [2.24, 2.45) is 0 Å². The minimum absolute atomic E-state index is 0.164. The lowest BCUT2D eigenvalue weighted by Crippen LogP contribution is -2.22. The molecule has 0 saturated heterocycles. The number of anilines is 1. The van der Waals surface area contributed by atoms with Crippen LogP contribution in [-0.2, 0) is 16.0 Å². The average Bonchev–Trinajstić information content (AvgIpc) is 2.89. The molecule has 0 aliphatic carbocycles. The van der Waals surface area contributed by atoms with Crippen molar-refractivity contribution in [3.63, 3.8) is 0 Å². The molecule has 0 bridgehead atoms. The third-order valence-electron chi connectivity index (χ3n) is 3.01. The van der Waals surface area contributed by atoms with E-state index in [2.05, 4.69) is 10.5 Å². The van der Waals surface area contributed by atoms with E-state index < -0.39 is 30.1 Å². The van der Waals surface area contributed by atoms with E-state index >= 15 is 0 Å². The summed E-state index contributed by atoms with van der Waals surface area (Å²) in [6.45, 7) is 2.68. The summed E-state index contributed by atoms with van der Waals surface area (Å²) in [5, 5.41) is 5.83. The van der Waals surface area contributed by atoms with Gasteiger partial charge in [0.15, 0.2) is 6.61 Å². The molecule has 2 rings (SSSR count). The molecule has 8 heteroatoms. The van der Waals surface area contributed by atoms with Gasteiger partial charge in [0.25, 0.3) is 5.91 Å². The van der Waals surface area contributed by atoms with Gasteiger partial charge in [0.2, 0.25) is 0 Å². The molecular formula is C15H14F2N2O4. The number of carbonyl (C=O) groups excluding carboxylic acids is 2. The Morgan fingerprint density at radius 2 is 2.09 bits per heavy atom. The Morgan fingerprint density at radius 3 is 2.78 bits per heavy atom. The lowest BCUT2D eigenvalue weighted by molar-refractivity contribution is -0.119. The topological polar surface area (TPSA) is 81.4 Å². The van der Waals surface area contributed by atoms with Gasteiger partial charge in [0.05, 0.1) is 11.4 Å². The van der Waals surface area contributed by atoms with Crippen LogP contribution in [0, 0.1) is 18.6 Å². The highest BCUT2D eigenvalue weighted by Crippen LogP contribution is 2.16. The second kappa shape index (κ2) is 6.99. The van der Waals surface area contributed by atoms with Crippen LogP contribution in [0.15, 0.2) is 22.7 Å². The van der Waals surface area contributed by atoms with Gasteiger partial charge >= 0.3 is 5.97 Å². The van der Waals surface area contributed by atoms with Gasteiger partial charge in [-0.05, 0) is 25.5 Å². The summed E-state index contributed by atoms with van der Waals surface area (Å²) in [4.78, 5) is 23.6. The molecule has 1 N–H and O–H groups in total. The summed E-state index contributed by atoms with van der Waals surface area (Å²) in [7, 11) is 0. The average molecular weight is 324 g/mol. The number of hydrogen-bond acceptors (Lipinski definition) is 5. The van der Waals surface area contributed by atoms with Gasteiger partial charge < -0.3 is 14.6 Å². The number of nitrogens with zero attached hydrogens (tertiary/aromatic N) is 1. The molecule has 0 aliphatic rings. The molecule has 2 aromatic rings. The van der Waals surface area contributed by atoms with E-state index in [-0.39, 0.29) is 17.0 Å². The van der Waals surface area contributed by atoms with Crippen molar-refractivity contribution in [2.75, 3.05) is 11.9 Å². The molecule has 0 spiro atoms. The third-order valence-corrected chi connectivity index (χ3v) is 3.01. The Kier molecular flexibility index (Phi) is 5.05. The number of rotatable bonds is 5. The molecule has 0 saturated carbocycles. The number of hydrogen-bond donors (Lipinski definition) is 1. The van der Waals surface area contributed by atoms with Gasteiger partial charge in [-0.2, -0.15) is 0 Å². The number of aryl methyl sites for hydroxylation is 2. The minimum atomic E-state index is -0.797. The Balaban J connectivity index is 1.97. The number of esters is 1. The van der Waals surface area contributed by atoms with Crippen LogP contribution in [0.3, 0.4) is 0 Å². The van der Waals surface area contributed by atoms with Crippen molar-refractivity contribution in [1.82, 2.24) is 5.16 Å². The smallest absolute Gasteiger partial charge is 0.344 e. The summed E-state index contributed by atoms with van der Waals surface area (Å²) in [5.41, 5.74) is 0.253. The van der Waals surface area contributed by atoms with Gasteiger partial charge in [-0.1, -0.05) is 12.1 Å². The van der Waals surface area contributed by atoms with E-state index in [0.717, 1.165) is 18.2 Å². The molecule has 0 fully saturated rings. The summed E-state index contributed by atoms with van der Waals surface area (Å²) in [6, 6.07) is 2.63. The predicted molar refractivity (Wildman–Crippen MR) is 75.9 cm³/mol. The zero-order valence-electron chi connectivity index (χ0n) is 12.5. The molecule has 0 unspecified atom stereocenters. The van der Waals surface area contributed by atoms with Crippen molar-refractivity contribution in [2.45, 2.75) is 20.3 Å². The Bertz CT molecular complexity index is 743. The first-order valence-electron chi connectivity index (χ1n) is 6.79. The van der Waals surface area contributed by atoms with Gasteiger partial charge in [-0.15, -0.1) is 0 Å². The molecule has 0 atom stereocenters. The molecule has 1 amide bonds. The summed E-state index contributed by atoms with van der Waals surface area (Å²) < 4.78 is 36.1. The molecule has 1 aromatic carbocycles. The summed E-state index contributed by atoms with van der Waals surface area (Å²) >= 11 is 0. The normalized spacial score (nSPS) is 10.4. The van der Waals surface area contributed by atoms with Gasteiger partial charge in [0.1, 0.15) is 23.0 Å². The largest absolute Gasteiger partial charge is 0.452 e. The third kappa shape index (κ3) is 3.91. The fourth-order valence-electron chi connectivity index (χ4n) is 1.90. The van der Waals surface area contributed by atoms with Crippen molar-refractivity contribution in [3.8, 4) is 0 Å². The lowest BCUT2D eigenvalue weighted by atomic mass is 10.1. The Hall–Kier alpha value is -2.77. The second-order valence-corrected chi connectivity index (χ2v) is 4.66. The number of halogens is 2. The van der Waals surface area contributed by atoms with Crippen LogP contribution >= 0.6 is 0 Å². The first-order chi connectivity index (χ1) is 10.9. The van der Waals surface area contributed by atoms with Crippen LogP contribution in [0.5, 0.6) is 0 Å². The maximum atomic E-state index is 13.4. The number of benzene rings is 1. The molecule has 6 nitrogen and oxygen atoms in total. The SMILES string of the molecule is CCc1noc(C)c1C(=O)OCC(=O)Nc1cc(F)ccc1F.